The minimum absolute atomic E-state index is 0.0727. The van der Waals surface area contributed by atoms with Gasteiger partial charge in [0, 0.05) is 55.8 Å². The molecular weight excluding hydrogens is 445 g/mol. The summed E-state index contributed by atoms with van der Waals surface area (Å²) >= 11 is 0. The number of hydrogen-bond acceptors (Lipinski definition) is 5. The Morgan fingerprint density at radius 2 is 1.80 bits per heavy atom. The summed E-state index contributed by atoms with van der Waals surface area (Å²) in [6, 6.07) is 6.73. The Morgan fingerprint density at radius 1 is 1.14 bits per heavy atom. The molecule has 5 rings (SSSR count). The van der Waals surface area contributed by atoms with Gasteiger partial charge < -0.3 is 14.7 Å². The summed E-state index contributed by atoms with van der Waals surface area (Å²) in [5.41, 5.74) is 1.37. The van der Waals surface area contributed by atoms with Crippen molar-refractivity contribution >= 4 is 28.4 Å². The van der Waals surface area contributed by atoms with Crippen LogP contribution in [-0.4, -0.2) is 64.9 Å². The average molecular weight is 478 g/mol. The third kappa shape index (κ3) is 4.33. The van der Waals surface area contributed by atoms with Crippen LogP contribution in [0.2, 0.25) is 0 Å². The van der Waals surface area contributed by atoms with Gasteiger partial charge in [-0.25, -0.2) is 4.39 Å². The number of carbonyl (C=O) groups is 2. The Labute approximate surface area is 205 Å². The second-order valence-electron chi connectivity index (χ2n) is 10.8. The van der Waals surface area contributed by atoms with Crippen LogP contribution in [0.4, 0.5) is 10.1 Å². The van der Waals surface area contributed by atoms with Gasteiger partial charge in [-0.1, -0.05) is 0 Å². The third-order valence-electron chi connectivity index (χ3n) is 7.87. The Kier molecular flexibility index (Phi) is 5.90. The molecule has 1 unspecified atom stereocenters. The number of carbonyl (C=O) groups excluding carboxylic acids is 2. The SMILES string of the molecule is CC1CN(C(=O)c2cnc3ccc(F)cc3c2N2CCC(C)(C#N)CC2)C[C@H](C)N1C(=O)C1CC1. The molecule has 3 fully saturated rings. The molecular formula is C27H32FN5O2. The monoisotopic (exact) mass is 477 g/mol. The van der Waals surface area contributed by atoms with Crippen molar-refractivity contribution in [1.82, 2.24) is 14.8 Å². The molecule has 8 heteroatoms. The fourth-order valence-corrected chi connectivity index (χ4v) is 5.62. The summed E-state index contributed by atoms with van der Waals surface area (Å²) in [5.74, 6) is -0.177. The lowest BCUT2D eigenvalue weighted by Gasteiger charge is -2.45. The minimum atomic E-state index is -0.399. The van der Waals surface area contributed by atoms with E-state index in [2.05, 4.69) is 16.0 Å². The zero-order chi connectivity index (χ0) is 24.9. The minimum Gasteiger partial charge on any atom is -0.370 e. The Hall–Kier alpha value is -3.21. The topological polar surface area (TPSA) is 80.5 Å². The number of nitriles is 1. The van der Waals surface area contributed by atoms with Crippen LogP contribution in [-0.2, 0) is 4.79 Å². The van der Waals surface area contributed by atoms with Crippen molar-refractivity contribution in [3.8, 4) is 6.07 Å². The number of amides is 2. The van der Waals surface area contributed by atoms with Gasteiger partial charge in [0.05, 0.1) is 28.3 Å². The molecule has 184 valence electrons. The molecule has 2 aromatic rings. The lowest BCUT2D eigenvalue weighted by Crippen LogP contribution is -2.60. The lowest BCUT2D eigenvalue weighted by atomic mass is 9.81. The first-order valence-corrected chi connectivity index (χ1v) is 12.6. The van der Waals surface area contributed by atoms with E-state index in [0.29, 0.717) is 61.2 Å². The number of anilines is 1. The van der Waals surface area contributed by atoms with E-state index in [1.807, 2.05) is 25.7 Å². The number of rotatable bonds is 3. The van der Waals surface area contributed by atoms with E-state index in [-0.39, 0.29) is 35.6 Å². The number of hydrogen-bond donors (Lipinski definition) is 0. The normalized spacial score (nSPS) is 24.4. The molecule has 0 spiro atoms. The quantitative estimate of drug-likeness (QED) is 0.668. The van der Waals surface area contributed by atoms with Gasteiger partial charge in [-0.05, 0) is 64.7 Å². The standard InChI is InChI=1S/C27H32FN5O2/c1-17-14-32(15-18(2)33(17)25(34)19-4-5-19)26(35)22-13-30-23-7-6-20(28)12-21(23)24(22)31-10-8-27(3,16-29)9-11-31/h6-7,12-13,17-19H,4-5,8-11,14-15H2,1-3H3/t17-,18?/m0/s1. The second-order valence-corrected chi connectivity index (χ2v) is 10.8. The third-order valence-corrected chi connectivity index (χ3v) is 7.87. The fourth-order valence-electron chi connectivity index (χ4n) is 5.62. The first-order chi connectivity index (χ1) is 16.7. The molecule has 2 amide bonds. The first-order valence-electron chi connectivity index (χ1n) is 12.6. The van der Waals surface area contributed by atoms with Gasteiger partial charge in [-0.15, -0.1) is 0 Å². The fraction of sp³-hybridized carbons (Fsp3) is 0.556. The average Bonchev–Trinajstić information content (AvgIpc) is 3.68. The molecule has 0 bridgehead atoms. The summed E-state index contributed by atoms with van der Waals surface area (Å²) in [6.07, 6.45) is 4.87. The van der Waals surface area contributed by atoms with E-state index < -0.39 is 5.41 Å². The van der Waals surface area contributed by atoms with Crippen molar-refractivity contribution in [2.45, 2.75) is 58.5 Å². The Morgan fingerprint density at radius 3 is 2.40 bits per heavy atom. The number of nitrogens with zero attached hydrogens (tertiary/aromatic N) is 5. The van der Waals surface area contributed by atoms with E-state index in [0.717, 1.165) is 12.8 Å². The van der Waals surface area contributed by atoms with Gasteiger partial charge in [-0.2, -0.15) is 5.26 Å². The van der Waals surface area contributed by atoms with Crippen LogP contribution < -0.4 is 4.90 Å². The van der Waals surface area contributed by atoms with E-state index in [9.17, 15) is 19.2 Å². The summed E-state index contributed by atoms with van der Waals surface area (Å²) < 4.78 is 14.3. The molecule has 1 saturated carbocycles. The van der Waals surface area contributed by atoms with E-state index in [1.165, 1.54) is 12.1 Å². The molecule has 1 aromatic carbocycles. The van der Waals surface area contributed by atoms with E-state index >= 15 is 0 Å². The Balaban J connectivity index is 1.48. The molecule has 2 saturated heterocycles. The van der Waals surface area contributed by atoms with Gasteiger partial charge in [0.2, 0.25) is 5.91 Å². The number of piperazine rings is 1. The summed E-state index contributed by atoms with van der Waals surface area (Å²) in [5, 5.41) is 10.2. The zero-order valence-electron chi connectivity index (χ0n) is 20.6. The molecule has 0 radical (unpaired) electrons. The number of benzene rings is 1. The molecule has 3 aliphatic rings. The number of aromatic nitrogens is 1. The summed E-state index contributed by atoms with van der Waals surface area (Å²) in [7, 11) is 0. The number of pyridine rings is 1. The maximum atomic E-state index is 14.3. The molecule has 2 aliphatic heterocycles. The predicted molar refractivity (Wildman–Crippen MR) is 131 cm³/mol. The highest BCUT2D eigenvalue weighted by atomic mass is 19.1. The molecule has 2 atom stereocenters. The molecule has 3 heterocycles. The van der Waals surface area contributed by atoms with E-state index in [1.54, 1.807) is 17.2 Å². The first kappa shape index (κ1) is 23.5. The highest BCUT2D eigenvalue weighted by Crippen LogP contribution is 2.38. The number of halogens is 1. The molecule has 1 aromatic heterocycles. The van der Waals surface area contributed by atoms with Crippen molar-refractivity contribution in [2.24, 2.45) is 11.3 Å². The van der Waals surface area contributed by atoms with Crippen LogP contribution in [0.15, 0.2) is 24.4 Å². The van der Waals surface area contributed by atoms with Crippen molar-refractivity contribution in [1.29, 1.82) is 5.26 Å². The van der Waals surface area contributed by atoms with E-state index in [4.69, 9.17) is 0 Å². The second kappa shape index (κ2) is 8.78. The van der Waals surface area contributed by atoms with Gasteiger partial charge >= 0.3 is 0 Å². The van der Waals surface area contributed by atoms with Gasteiger partial charge in [0.15, 0.2) is 0 Å². The maximum absolute atomic E-state index is 14.3. The molecule has 35 heavy (non-hydrogen) atoms. The van der Waals surface area contributed by atoms with Gasteiger partial charge in [0.25, 0.3) is 5.91 Å². The molecule has 0 N–H and O–H groups in total. The van der Waals surface area contributed by atoms with Crippen LogP contribution in [0.1, 0.15) is 56.8 Å². The lowest BCUT2D eigenvalue weighted by molar-refractivity contribution is -0.139. The van der Waals surface area contributed by atoms with Crippen molar-refractivity contribution < 1.29 is 14.0 Å². The van der Waals surface area contributed by atoms with Gasteiger partial charge in [-0.3, -0.25) is 14.6 Å². The molecule has 7 nitrogen and oxygen atoms in total. The molecule has 1 aliphatic carbocycles. The van der Waals surface area contributed by atoms with Crippen molar-refractivity contribution in [2.75, 3.05) is 31.1 Å². The van der Waals surface area contributed by atoms with Crippen LogP contribution in [0.5, 0.6) is 0 Å². The van der Waals surface area contributed by atoms with Crippen LogP contribution >= 0.6 is 0 Å². The highest BCUT2D eigenvalue weighted by Gasteiger charge is 2.42. The zero-order valence-corrected chi connectivity index (χ0v) is 20.6. The van der Waals surface area contributed by atoms with Crippen LogP contribution in [0.3, 0.4) is 0 Å². The highest BCUT2D eigenvalue weighted by molar-refractivity contribution is 6.07. The number of piperidine rings is 1. The Bertz CT molecular complexity index is 1200. The van der Waals surface area contributed by atoms with Crippen LogP contribution in [0.25, 0.3) is 10.9 Å². The summed E-state index contributed by atoms with van der Waals surface area (Å²) in [6.45, 7) is 8.08. The number of fused-ring (bicyclic) bond motifs is 1. The maximum Gasteiger partial charge on any atom is 0.257 e. The van der Waals surface area contributed by atoms with Crippen molar-refractivity contribution in [3.63, 3.8) is 0 Å². The van der Waals surface area contributed by atoms with Gasteiger partial charge in [0.1, 0.15) is 5.82 Å². The largest absolute Gasteiger partial charge is 0.370 e. The van der Waals surface area contributed by atoms with Crippen molar-refractivity contribution in [3.05, 3.63) is 35.8 Å². The van der Waals surface area contributed by atoms with Crippen LogP contribution in [0, 0.1) is 28.5 Å². The summed E-state index contributed by atoms with van der Waals surface area (Å²) in [4.78, 5) is 37.0. The smallest absolute Gasteiger partial charge is 0.257 e. The predicted octanol–water partition coefficient (Wildman–Crippen LogP) is 3.98.